The Kier molecular flexibility index (Phi) is 1.20. The monoisotopic (exact) mass is 198 g/mol. The fourth-order valence-electron chi connectivity index (χ4n) is 0.759. The molecule has 0 saturated carbocycles. The fraction of sp³-hybridized carbons (Fsp3) is 0. The molecule has 0 fully saturated rings. The van der Waals surface area contributed by atoms with Crippen LogP contribution in [-0.2, 0) is 0 Å². The zero-order valence-electron chi connectivity index (χ0n) is 4.91. The Morgan fingerprint density at radius 2 is 2.30 bits per heavy atom. The highest BCUT2D eigenvalue weighted by Crippen LogP contribution is 2.19. The van der Waals surface area contributed by atoms with Crippen LogP contribution >= 0.6 is 15.9 Å². The van der Waals surface area contributed by atoms with Crippen molar-refractivity contribution in [2.75, 3.05) is 0 Å². The van der Waals surface area contributed by atoms with Crippen molar-refractivity contribution in [3.05, 3.63) is 23.3 Å². The van der Waals surface area contributed by atoms with Crippen molar-refractivity contribution in [3.63, 3.8) is 0 Å². The van der Waals surface area contributed by atoms with Crippen molar-refractivity contribution in [3.8, 4) is 0 Å². The van der Waals surface area contributed by atoms with Crippen LogP contribution in [0, 0.1) is 0 Å². The Morgan fingerprint density at radius 3 is 3.10 bits per heavy atom. The van der Waals surface area contributed by atoms with E-state index in [0.29, 0.717) is 10.2 Å². The van der Waals surface area contributed by atoms with E-state index in [-0.39, 0.29) is 0 Å². The average molecular weight is 199 g/mol. The van der Waals surface area contributed by atoms with Crippen molar-refractivity contribution in [1.29, 1.82) is 0 Å². The van der Waals surface area contributed by atoms with E-state index in [9.17, 15) is 0 Å². The first-order chi connectivity index (χ1) is 4.88. The van der Waals surface area contributed by atoms with Crippen molar-refractivity contribution < 1.29 is 4.42 Å². The van der Waals surface area contributed by atoms with Crippen LogP contribution < -0.4 is 0 Å². The van der Waals surface area contributed by atoms with Crippen molar-refractivity contribution in [2.24, 2.45) is 0 Å². The first-order valence-electron chi connectivity index (χ1n) is 2.71. The highest BCUT2D eigenvalue weighted by atomic mass is 79.9. The number of nitrogens with zero attached hydrogens (tertiary/aromatic N) is 2. The van der Waals surface area contributed by atoms with E-state index in [1.807, 2.05) is 0 Å². The van der Waals surface area contributed by atoms with E-state index in [2.05, 4.69) is 25.9 Å². The van der Waals surface area contributed by atoms with Gasteiger partial charge in [-0.05, 0) is 15.9 Å². The molecular weight excluding hydrogens is 196 g/mol. The van der Waals surface area contributed by atoms with E-state index in [4.69, 9.17) is 4.42 Å². The Labute approximate surface area is 65.2 Å². The van der Waals surface area contributed by atoms with Crippen LogP contribution in [-0.4, -0.2) is 9.97 Å². The van der Waals surface area contributed by atoms with Gasteiger partial charge in [-0.3, -0.25) is 0 Å². The van der Waals surface area contributed by atoms with Gasteiger partial charge in [0.25, 0.3) is 0 Å². The molecule has 50 valence electrons. The number of aromatic nitrogens is 2. The summed E-state index contributed by atoms with van der Waals surface area (Å²) in [5.41, 5.74) is 1.52. The molecule has 4 heteroatoms. The molecule has 0 unspecified atom stereocenters. The topological polar surface area (TPSA) is 38.9 Å². The molecule has 0 N–H and O–H groups in total. The summed E-state index contributed by atoms with van der Waals surface area (Å²) in [7, 11) is 0. The Hall–Kier alpha value is -0.900. The number of rotatable bonds is 0. The largest absolute Gasteiger partial charge is 0.460 e. The molecular formula is C6H3BrN2O. The minimum atomic E-state index is 0.697. The third-order valence-corrected chi connectivity index (χ3v) is 1.76. The second kappa shape index (κ2) is 2.05. The highest BCUT2D eigenvalue weighted by molar-refractivity contribution is 9.10. The van der Waals surface area contributed by atoms with Gasteiger partial charge in [0.15, 0.2) is 10.2 Å². The Morgan fingerprint density at radius 1 is 1.40 bits per heavy atom. The SMILES string of the molecule is Brc1ncnc2ccoc12. The van der Waals surface area contributed by atoms with E-state index in [1.165, 1.54) is 6.33 Å². The lowest BCUT2D eigenvalue weighted by Crippen LogP contribution is -1.77. The van der Waals surface area contributed by atoms with Gasteiger partial charge in [0.1, 0.15) is 11.8 Å². The van der Waals surface area contributed by atoms with Crippen molar-refractivity contribution in [2.45, 2.75) is 0 Å². The van der Waals surface area contributed by atoms with Crippen LogP contribution in [0.4, 0.5) is 0 Å². The number of hydrogen-bond donors (Lipinski definition) is 0. The van der Waals surface area contributed by atoms with Gasteiger partial charge in [-0.1, -0.05) is 0 Å². The number of hydrogen-bond acceptors (Lipinski definition) is 3. The molecule has 2 aromatic rings. The Balaban J connectivity index is 2.95. The standard InChI is InChI=1S/C6H3BrN2O/c7-6-5-4(1-2-10-5)8-3-9-6/h1-3H. The lowest BCUT2D eigenvalue weighted by molar-refractivity contribution is 0.611. The first kappa shape index (κ1) is 5.85. The minimum absolute atomic E-state index is 0.697. The van der Waals surface area contributed by atoms with Crippen LogP contribution in [0.15, 0.2) is 27.7 Å². The highest BCUT2D eigenvalue weighted by Gasteiger charge is 2.01. The average Bonchev–Trinajstić information content (AvgIpc) is 2.36. The molecule has 0 aliphatic heterocycles. The molecule has 0 aliphatic carbocycles. The van der Waals surface area contributed by atoms with Crippen LogP contribution in [0.2, 0.25) is 0 Å². The minimum Gasteiger partial charge on any atom is -0.460 e. The molecule has 10 heavy (non-hydrogen) atoms. The lowest BCUT2D eigenvalue weighted by atomic mass is 10.5. The second-order valence-electron chi connectivity index (χ2n) is 1.80. The number of halogens is 1. The zero-order chi connectivity index (χ0) is 6.97. The smallest absolute Gasteiger partial charge is 0.185 e. The molecule has 0 amide bonds. The lowest BCUT2D eigenvalue weighted by Gasteiger charge is -1.87. The van der Waals surface area contributed by atoms with Crippen molar-refractivity contribution >= 4 is 27.0 Å². The van der Waals surface area contributed by atoms with Gasteiger partial charge in [-0.25, -0.2) is 9.97 Å². The summed E-state index contributed by atoms with van der Waals surface area (Å²) in [5.74, 6) is 0. The van der Waals surface area contributed by atoms with Gasteiger partial charge < -0.3 is 4.42 Å². The second-order valence-corrected chi connectivity index (χ2v) is 2.55. The van der Waals surface area contributed by atoms with E-state index < -0.39 is 0 Å². The van der Waals surface area contributed by atoms with Crippen LogP contribution in [0.3, 0.4) is 0 Å². The van der Waals surface area contributed by atoms with Crippen LogP contribution in [0.5, 0.6) is 0 Å². The summed E-state index contributed by atoms with van der Waals surface area (Å²) >= 11 is 3.23. The summed E-state index contributed by atoms with van der Waals surface area (Å²) in [6, 6.07) is 1.79. The van der Waals surface area contributed by atoms with Gasteiger partial charge in [-0.2, -0.15) is 0 Å². The van der Waals surface area contributed by atoms with E-state index >= 15 is 0 Å². The van der Waals surface area contributed by atoms with Crippen LogP contribution in [0.25, 0.3) is 11.1 Å². The Bertz CT molecular complexity index is 357. The molecule has 2 heterocycles. The summed E-state index contributed by atoms with van der Waals surface area (Å²) < 4.78 is 5.77. The molecule has 0 aliphatic rings. The fourth-order valence-corrected chi connectivity index (χ4v) is 1.15. The molecule has 3 nitrogen and oxygen atoms in total. The molecule has 0 aromatic carbocycles. The predicted octanol–water partition coefficient (Wildman–Crippen LogP) is 1.99. The van der Waals surface area contributed by atoms with Gasteiger partial charge in [0.05, 0.1) is 6.26 Å². The molecule has 2 aromatic heterocycles. The molecule has 0 bridgehead atoms. The van der Waals surface area contributed by atoms with Gasteiger partial charge in [0.2, 0.25) is 0 Å². The van der Waals surface area contributed by atoms with Gasteiger partial charge in [0, 0.05) is 6.07 Å². The molecule has 0 spiro atoms. The maximum Gasteiger partial charge on any atom is 0.185 e. The summed E-state index contributed by atoms with van der Waals surface area (Å²) in [4.78, 5) is 7.86. The predicted molar refractivity (Wildman–Crippen MR) is 39.5 cm³/mol. The zero-order valence-corrected chi connectivity index (χ0v) is 6.50. The third-order valence-electron chi connectivity index (χ3n) is 1.20. The maximum absolute atomic E-state index is 5.08. The summed E-state index contributed by atoms with van der Waals surface area (Å²) in [6.07, 6.45) is 3.08. The molecule has 2 rings (SSSR count). The summed E-state index contributed by atoms with van der Waals surface area (Å²) in [6.45, 7) is 0. The summed E-state index contributed by atoms with van der Waals surface area (Å²) in [5, 5.41) is 0. The molecule has 0 radical (unpaired) electrons. The third kappa shape index (κ3) is 0.724. The molecule has 0 atom stereocenters. The van der Waals surface area contributed by atoms with E-state index in [1.54, 1.807) is 12.3 Å². The van der Waals surface area contributed by atoms with Crippen LogP contribution in [0.1, 0.15) is 0 Å². The number of fused-ring (bicyclic) bond motifs is 1. The van der Waals surface area contributed by atoms with Gasteiger partial charge in [-0.15, -0.1) is 0 Å². The van der Waals surface area contributed by atoms with Crippen molar-refractivity contribution in [1.82, 2.24) is 9.97 Å². The quantitative estimate of drug-likeness (QED) is 0.609. The number of furan rings is 1. The van der Waals surface area contributed by atoms with E-state index in [0.717, 1.165) is 5.52 Å². The normalized spacial score (nSPS) is 10.5. The first-order valence-corrected chi connectivity index (χ1v) is 3.51. The molecule has 0 saturated heterocycles. The van der Waals surface area contributed by atoms with Gasteiger partial charge >= 0.3 is 0 Å². The maximum atomic E-state index is 5.08.